The van der Waals surface area contributed by atoms with E-state index in [2.05, 4.69) is 35.8 Å². The van der Waals surface area contributed by atoms with Gasteiger partial charge in [0.1, 0.15) is 11.6 Å². The number of carbonyl (C=O) groups is 1. The molecule has 2 aromatic carbocycles. The van der Waals surface area contributed by atoms with Crippen LogP contribution < -0.4 is 9.64 Å². The van der Waals surface area contributed by atoms with Crippen molar-refractivity contribution in [3.8, 4) is 5.75 Å². The van der Waals surface area contributed by atoms with E-state index in [0.717, 1.165) is 35.7 Å². The second kappa shape index (κ2) is 17.2. The first-order valence-corrected chi connectivity index (χ1v) is 16.6. The Bertz CT molecular complexity index is 1190. The van der Waals surface area contributed by atoms with Crippen LogP contribution in [0.5, 0.6) is 5.75 Å². The molecule has 1 atom stereocenters. The van der Waals surface area contributed by atoms with Crippen LogP contribution in [0.25, 0.3) is 11.0 Å². The smallest absolute Gasteiger partial charge is 0.227 e. The maximum Gasteiger partial charge on any atom is 0.227 e. The number of aromatic nitrogens is 2. The number of hydrogen-bond acceptors (Lipinski definition) is 3. The highest BCUT2D eigenvalue weighted by molar-refractivity contribution is 5.97. The van der Waals surface area contributed by atoms with Crippen LogP contribution >= 0.6 is 0 Å². The number of unbranched alkanes of at least 4 members (excludes halogenated alkanes) is 15. The van der Waals surface area contributed by atoms with Gasteiger partial charge in [0.2, 0.25) is 5.91 Å². The van der Waals surface area contributed by atoms with Gasteiger partial charge in [0, 0.05) is 25.4 Å². The number of amides is 1. The Morgan fingerprint density at radius 3 is 1.95 bits per heavy atom. The lowest BCUT2D eigenvalue weighted by Crippen LogP contribution is -2.25. The van der Waals surface area contributed by atoms with Gasteiger partial charge < -0.3 is 14.2 Å². The third-order valence-corrected chi connectivity index (χ3v) is 8.79. The van der Waals surface area contributed by atoms with Crippen molar-refractivity contribution in [1.82, 2.24) is 9.55 Å². The number of nitrogens with zero attached hydrogens (tertiary/aromatic N) is 3. The zero-order chi connectivity index (χ0) is 28.7. The summed E-state index contributed by atoms with van der Waals surface area (Å²) in [4.78, 5) is 20.0. The van der Waals surface area contributed by atoms with Gasteiger partial charge in [-0.3, -0.25) is 4.79 Å². The average Bonchev–Trinajstić information content (AvgIpc) is 3.57. The molecule has 1 aliphatic heterocycles. The van der Waals surface area contributed by atoms with E-state index in [1.54, 1.807) is 7.11 Å². The number of para-hydroxylation sites is 4. The summed E-state index contributed by atoms with van der Waals surface area (Å²) in [5.74, 6) is 2.02. The van der Waals surface area contributed by atoms with E-state index < -0.39 is 0 Å². The van der Waals surface area contributed by atoms with Crippen LogP contribution in [0.3, 0.4) is 0 Å². The summed E-state index contributed by atoms with van der Waals surface area (Å²) in [6, 6.07) is 16.2. The van der Waals surface area contributed by atoms with Gasteiger partial charge in [-0.1, -0.05) is 128 Å². The van der Waals surface area contributed by atoms with E-state index >= 15 is 0 Å². The molecule has 1 amide bonds. The summed E-state index contributed by atoms with van der Waals surface area (Å²) >= 11 is 0. The van der Waals surface area contributed by atoms with Crippen LogP contribution in [-0.4, -0.2) is 29.1 Å². The van der Waals surface area contributed by atoms with E-state index in [1.807, 2.05) is 29.2 Å². The Hall–Kier alpha value is -2.82. The predicted octanol–water partition coefficient (Wildman–Crippen LogP) is 9.83. The zero-order valence-electron chi connectivity index (χ0n) is 25.8. The SMILES string of the molecule is CCCCCCCCCCCCCCCCCCn1c([C@H]2CC(=O)N(c3ccccc3OC)C2)nc2ccccc21. The number of rotatable bonds is 20. The van der Waals surface area contributed by atoms with E-state index in [0.29, 0.717) is 13.0 Å². The number of aryl methyl sites for hydroxylation is 1. The zero-order valence-corrected chi connectivity index (χ0v) is 25.8. The normalized spacial score (nSPS) is 15.3. The number of imidazole rings is 1. The fraction of sp³-hybridized carbons (Fsp3) is 0.611. The molecule has 0 bridgehead atoms. The van der Waals surface area contributed by atoms with Crippen molar-refractivity contribution in [3.63, 3.8) is 0 Å². The molecule has 3 aromatic rings. The van der Waals surface area contributed by atoms with Gasteiger partial charge in [0.25, 0.3) is 0 Å². The summed E-state index contributed by atoms with van der Waals surface area (Å²) in [7, 11) is 1.66. The van der Waals surface area contributed by atoms with Gasteiger partial charge >= 0.3 is 0 Å². The lowest BCUT2D eigenvalue weighted by Gasteiger charge is -2.19. The number of methoxy groups -OCH3 is 1. The Kier molecular flexibility index (Phi) is 13.1. The number of benzene rings is 2. The standard InChI is InChI=1S/C36H53N3O2/c1-3-4-5-6-7-8-9-10-11-12-13-14-15-16-17-22-27-38-32-24-19-18-23-31(32)37-36(38)30-28-35(40)39(29-30)33-25-20-21-26-34(33)41-2/h18-21,23-26,30H,3-17,22,27-29H2,1-2H3/t30-/m0/s1. The topological polar surface area (TPSA) is 47.4 Å². The fourth-order valence-electron chi connectivity index (χ4n) is 6.42. The molecule has 0 radical (unpaired) electrons. The molecule has 0 N–H and O–H groups in total. The Balaban J connectivity index is 1.18. The molecule has 5 heteroatoms. The van der Waals surface area contributed by atoms with Gasteiger partial charge in [-0.25, -0.2) is 4.98 Å². The highest BCUT2D eigenvalue weighted by Gasteiger charge is 2.35. The van der Waals surface area contributed by atoms with E-state index in [1.165, 1.54) is 102 Å². The number of carbonyl (C=O) groups excluding carboxylic acids is 1. The van der Waals surface area contributed by atoms with Gasteiger partial charge in [0.05, 0.1) is 23.8 Å². The fourth-order valence-corrected chi connectivity index (χ4v) is 6.42. The molecule has 1 fully saturated rings. The van der Waals surface area contributed by atoms with Crippen LogP contribution in [0.4, 0.5) is 5.69 Å². The number of hydrogen-bond donors (Lipinski definition) is 0. The van der Waals surface area contributed by atoms with Gasteiger partial charge in [-0.15, -0.1) is 0 Å². The van der Waals surface area contributed by atoms with Crippen LogP contribution in [0.15, 0.2) is 48.5 Å². The molecular formula is C36H53N3O2. The Morgan fingerprint density at radius 1 is 0.756 bits per heavy atom. The van der Waals surface area contributed by atoms with Crippen LogP contribution in [-0.2, 0) is 11.3 Å². The summed E-state index contributed by atoms with van der Waals surface area (Å²) in [6.07, 6.45) is 22.5. The largest absolute Gasteiger partial charge is 0.495 e. The molecule has 224 valence electrons. The molecule has 0 unspecified atom stereocenters. The van der Waals surface area contributed by atoms with E-state index in [4.69, 9.17) is 9.72 Å². The second-order valence-corrected chi connectivity index (χ2v) is 12.0. The quantitative estimate of drug-likeness (QED) is 0.129. The van der Waals surface area contributed by atoms with Gasteiger partial charge in [-0.05, 0) is 30.7 Å². The van der Waals surface area contributed by atoms with Gasteiger partial charge in [0.15, 0.2) is 0 Å². The first-order valence-electron chi connectivity index (χ1n) is 16.6. The minimum atomic E-state index is 0.0841. The monoisotopic (exact) mass is 559 g/mol. The van der Waals surface area contributed by atoms with Crippen LogP contribution in [0.2, 0.25) is 0 Å². The van der Waals surface area contributed by atoms with E-state index in [9.17, 15) is 4.79 Å². The molecule has 1 aromatic heterocycles. The minimum absolute atomic E-state index is 0.0841. The molecule has 0 spiro atoms. The lowest BCUT2D eigenvalue weighted by atomic mass is 10.0. The van der Waals surface area contributed by atoms with Crippen LogP contribution in [0.1, 0.15) is 128 Å². The molecule has 0 saturated carbocycles. The molecule has 1 aliphatic rings. The molecule has 41 heavy (non-hydrogen) atoms. The van der Waals surface area contributed by atoms with E-state index in [-0.39, 0.29) is 11.8 Å². The Labute approximate surface area is 248 Å². The second-order valence-electron chi connectivity index (χ2n) is 12.0. The van der Waals surface area contributed by atoms with Crippen molar-refractivity contribution >= 4 is 22.6 Å². The first-order chi connectivity index (χ1) is 20.2. The number of ether oxygens (including phenoxy) is 1. The summed E-state index contributed by atoms with van der Waals surface area (Å²) in [5.41, 5.74) is 3.07. The van der Waals surface area contributed by atoms with Crippen molar-refractivity contribution in [3.05, 3.63) is 54.4 Å². The molecule has 0 aliphatic carbocycles. The minimum Gasteiger partial charge on any atom is -0.495 e. The number of anilines is 1. The molecule has 2 heterocycles. The van der Waals surface area contributed by atoms with Crippen molar-refractivity contribution in [2.45, 2.75) is 129 Å². The number of fused-ring (bicyclic) bond motifs is 1. The van der Waals surface area contributed by atoms with Gasteiger partial charge in [-0.2, -0.15) is 0 Å². The van der Waals surface area contributed by atoms with Crippen molar-refractivity contribution in [2.75, 3.05) is 18.6 Å². The molecule has 4 rings (SSSR count). The molecule has 1 saturated heterocycles. The Morgan fingerprint density at radius 2 is 1.32 bits per heavy atom. The summed E-state index contributed by atoms with van der Waals surface area (Å²) in [5, 5.41) is 0. The summed E-state index contributed by atoms with van der Waals surface area (Å²) in [6.45, 7) is 3.90. The molecular weight excluding hydrogens is 506 g/mol. The lowest BCUT2D eigenvalue weighted by molar-refractivity contribution is -0.117. The first kappa shape index (κ1) is 31.1. The highest BCUT2D eigenvalue weighted by atomic mass is 16.5. The average molecular weight is 560 g/mol. The highest BCUT2D eigenvalue weighted by Crippen LogP contribution is 2.37. The van der Waals surface area contributed by atoms with Crippen LogP contribution in [0, 0.1) is 0 Å². The van der Waals surface area contributed by atoms with Crippen molar-refractivity contribution in [2.24, 2.45) is 0 Å². The third kappa shape index (κ3) is 9.08. The maximum absolute atomic E-state index is 13.1. The maximum atomic E-state index is 13.1. The predicted molar refractivity (Wildman–Crippen MR) is 172 cm³/mol. The third-order valence-electron chi connectivity index (χ3n) is 8.79. The molecule has 5 nitrogen and oxygen atoms in total. The summed E-state index contributed by atoms with van der Waals surface area (Å²) < 4.78 is 7.94. The van der Waals surface area contributed by atoms with Crippen molar-refractivity contribution in [1.29, 1.82) is 0 Å². The van der Waals surface area contributed by atoms with Crippen molar-refractivity contribution < 1.29 is 9.53 Å².